The fraction of sp³-hybridized carbons (Fsp3) is 0.276. The van der Waals surface area contributed by atoms with Gasteiger partial charge in [-0.2, -0.15) is 0 Å². The van der Waals surface area contributed by atoms with Gasteiger partial charge in [0.15, 0.2) is 0 Å². The van der Waals surface area contributed by atoms with E-state index >= 15 is 0 Å². The first-order valence-corrected chi connectivity index (χ1v) is 13.8. The lowest BCUT2D eigenvalue weighted by atomic mass is 10.0. The molecule has 9 heteroatoms. The van der Waals surface area contributed by atoms with Gasteiger partial charge in [-0.3, -0.25) is 9.78 Å². The van der Waals surface area contributed by atoms with Crippen LogP contribution in [-0.4, -0.2) is 34.3 Å². The first-order valence-electron chi connectivity index (χ1n) is 12.4. The number of benzene rings is 2. The number of esters is 1. The minimum absolute atomic E-state index is 0.0369. The Bertz CT molecular complexity index is 1490. The number of carbonyl (C=O) groups is 1. The Kier molecular flexibility index (Phi) is 8.12. The van der Waals surface area contributed by atoms with Crippen molar-refractivity contribution in [2.45, 2.75) is 37.7 Å². The molecule has 6 nitrogen and oxygen atoms in total. The number of fused-ring (bicyclic) bond motifs is 3. The molecule has 0 amide bonds. The maximum atomic E-state index is 13.8. The Morgan fingerprint density at radius 3 is 2.89 bits per heavy atom. The zero-order valence-corrected chi connectivity index (χ0v) is 22.4. The van der Waals surface area contributed by atoms with Gasteiger partial charge in [0.2, 0.25) is 0 Å². The van der Waals surface area contributed by atoms with E-state index in [2.05, 4.69) is 28.2 Å². The van der Waals surface area contributed by atoms with Crippen LogP contribution in [0.25, 0.3) is 10.9 Å². The molecule has 0 aliphatic heterocycles. The largest absolute Gasteiger partial charge is 0.487 e. The maximum Gasteiger partial charge on any atom is 0.323 e. The Hall–Kier alpha value is -3.20. The summed E-state index contributed by atoms with van der Waals surface area (Å²) in [5, 5.41) is 0.653. The lowest BCUT2D eigenvalue weighted by Crippen LogP contribution is -2.34. The van der Waals surface area contributed by atoms with Gasteiger partial charge >= 0.3 is 5.97 Å². The SMILES string of the molecule is CCOC(=O)[C@@H](N)CS[C@@H]1c2cc(OCc3ccc4cc(F)c(Cl)cc4n3)ccc2CCc2ncccc21. The molecule has 0 fully saturated rings. The maximum absolute atomic E-state index is 13.8. The van der Waals surface area contributed by atoms with E-state index in [1.807, 2.05) is 24.4 Å². The van der Waals surface area contributed by atoms with Gasteiger partial charge in [0, 0.05) is 23.0 Å². The lowest BCUT2D eigenvalue weighted by molar-refractivity contribution is -0.144. The summed E-state index contributed by atoms with van der Waals surface area (Å²) >= 11 is 7.54. The second kappa shape index (κ2) is 11.7. The first kappa shape index (κ1) is 26.4. The van der Waals surface area contributed by atoms with Crippen molar-refractivity contribution in [3.63, 3.8) is 0 Å². The van der Waals surface area contributed by atoms with Gasteiger partial charge < -0.3 is 15.2 Å². The van der Waals surface area contributed by atoms with E-state index in [1.165, 1.54) is 17.7 Å². The first-order chi connectivity index (χ1) is 18.4. The third kappa shape index (κ3) is 5.77. The van der Waals surface area contributed by atoms with Crippen LogP contribution >= 0.6 is 23.4 Å². The molecule has 0 saturated carbocycles. The number of hydrogen-bond donors (Lipinski definition) is 1. The molecule has 2 N–H and O–H groups in total. The van der Waals surface area contributed by atoms with Crippen LogP contribution in [-0.2, 0) is 29.0 Å². The molecule has 2 heterocycles. The van der Waals surface area contributed by atoms with Gasteiger partial charge in [-0.15, -0.1) is 11.8 Å². The molecule has 1 aliphatic rings. The zero-order chi connectivity index (χ0) is 26.6. The molecule has 2 atom stereocenters. The van der Waals surface area contributed by atoms with Gasteiger partial charge in [-0.1, -0.05) is 29.8 Å². The van der Waals surface area contributed by atoms with Gasteiger partial charge in [0.05, 0.1) is 28.1 Å². The van der Waals surface area contributed by atoms with Crippen LogP contribution < -0.4 is 10.5 Å². The van der Waals surface area contributed by atoms with E-state index in [4.69, 9.17) is 26.8 Å². The van der Waals surface area contributed by atoms with E-state index in [9.17, 15) is 9.18 Å². The molecular formula is C29H27ClFN3O3S. The lowest BCUT2D eigenvalue weighted by Gasteiger charge is -2.22. The number of nitrogens with zero attached hydrogens (tertiary/aromatic N) is 2. The molecule has 0 bridgehead atoms. The third-order valence-electron chi connectivity index (χ3n) is 6.45. The summed E-state index contributed by atoms with van der Waals surface area (Å²) in [6.45, 7) is 2.31. The topological polar surface area (TPSA) is 87.3 Å². The summed E-state index contributed by atoms with van der Waals surface area (Å²) in [4.78, 5) is 21.3. The number of aryl methyl sites for hydroxylation is 2. The normalized spacial score (nSPS) is 15.3. The number of ether oxygens (including phenoxy) is 2. The average molecular weight is 552 g/mol. The van der Waals surface area contributed by atoms with Crippen LogP contribution in [0.15, 0.2) is 60.8 Å². The number of rotatable bonds is 8. The summed E-state index contributed by atoms with van der Waals surface area (Å²) in [6.07, 6.45) is 3.49. The van der Waals surface area contributed by atoms with Gasteiger partial charge in [0.1, 0.15) is 24.2 Å². The minimum Gasteiger partial charge on any atom is -0.487 e. The molecule has 0 spiro atoms. The minimum atomic E-state index is -0.716. The molecule has 1 aliphatic carbocycles. The van der Waals surface area contributed by atoms with Crippen LogP contribution in [0.2, 0.25) is 5.02 Å². The molecule has 196 valence electrons. The van der Waals surface area contributed by atoms with Crippen molar-refractivity contribution in [1.29, 1.82) is 0 Å². The number of thioether (sulfide) groups is 1. The predicted octanol–water partition coefficient (Wildman–Crippen LogP) is 5.81. The fourth-order valence-electron chi connectivity index (χ4n) is 4.55. The second-order valence-electron chi connectivity index (χ2n) is 9.02. The van der Waals surface area contributed by atoms with E-state index in [-0.39, 0.29) is 16.9 Å². The molecule has 2 aromatic heterocycles. The standard InChI is InChI=1S/C29H27ClFN3O3S/c1-2-36-29(35)25(32)16-38-28-21-4-3-11-33-26(21)10-7-17-6-9-20(13-22(17)28)37-15-19-8-5-18-12-24(31)23(30)14-27(18)34-19/h3-6,8-9,11-14,25,28H,2,7,10,15-16,32H2,1H3/t25-,28-/m0/s1. The van der Waals surface area contributed by atoms with Crippen molar-refractivity contribution >= 4 is 40.2 Å². The van der Waals surface area contributed by atoms with Crippen LogP contribution in [0.3, 0.4) is 0 Å². The number of aromatic nitrogens is 2. The van der Waals surface area contributed by atoms with Gasteiger partial charge in [0.25, 0.3) is 0 Å². The highest BCUT2D eigenvalue weighted by atomic mass is 35.5. The second-order valence-corrected chi connectivity index (χ2v) is 10.6. The third-order valence-corrected chi connectivity index (χ3v) is 8.13. The molecule has 0 saturated heterocycles. The fourth-order valence-corrected chi connectivity index (χ4v) is 6.03. The highest BCUT2D eigenvalue weighted by molar-refractivity contribution is 7.99. The Morgan fingerprint density at radius 1 is 1.18 bits per heavy atom. The summed E-state index contributed by atoms with van der Waals surface area (Å²) in [5.41, 5.74) is 11.9. The van der Waals surface area contributed by atoms with E-state index in [0.29, 0.717) is 34.7 Å². The number of hydrogen-bond acceptors (Lipinski definition) is 7. The molecule has 2 aromatic carbocycles. The van der Waals surface area contributed by atoms with Crippen molar-refractivity contribution in [2.24, 2.45) is 5.73 Å². The zero-order valence-electron chi connectivity index (χ0n) is 20.8. The van der Waals surface area contributed by atoms with E-state index in [0.717, 1.165) is 29.7 Å². The monoisotopic (exact) mass is 551 g/mol. The van der Waals surface area contributed by atoms with Crippen molar-refractivity contribution in [3.05, 3.63) is 99.7 Å². The molecule has 38 heavy (non-hydrogen) atoms. The van der Waals surface area contributed by atoms with E-state index < -0.39 is 17.8 Å². The Morgan fingerprint density at radius 2 is 2.05 bits per heavy atom. The van der Waals surface area contributed by atoms with Crippen LogP contribution in [0.5, 0.6) is 5.75 Å². The molecule has 0 unspecified atom stereocenters. The average Bonchev–Trinajstić information content (AvgIpc) is 3.07. The summed E-state index contributed by atoms with van der Waals surface area (Å²) in [6, 6.07) is 15.9. The quantitative estimate of drug-likeness (QED) is 0.276. The molecule has 0 radical (unpaired) electrons. The number of halogens is 2. The number of carbonyl (C=O) groups excluding carboxylic acids is 1. The Labute approximate surface area is 229 Å². The predicted molar refractivity (Wildman–Crippen MR) is 148 cm³/mol. The van der Waals surface area contributed by atoms with Crippen molar-refractivity contribution in [1.82, 2.24) is 9.97 Å². The van der Waals surface area contributed by atoms with Crippen LogP contribution in [0, 0.1) is 5.82 Å². The van der Waals surface area contributed by atoms with Crippen molar-refractivity contribution < 1.29 is 18.7 Å². The summed E-state index contributed by atoms with van der Waals surface area (Å²) < 4.78 is 25.0. The highest BCUT2D eigenvalue weighted by Gasteiger charge is 2.27. The molecule has 5 rings (SSSR count). The smallest absolute Gasteiger partial charge is 0.323 e. The van der Waals surface area contributed by atoms with Crippen molar-refractivity contribution in [2.75, 3.05) is 12.4 Å². The molecule has 4 aromatic rings. The van der Waals surface area contributed by atoms with E-state index in [1.54, 1.807) is 24.8 Å². The van der Waals surface area contributed by atoms with Crippen LogP contribution in [0.4, 0.5) is 4.39 Å². The number of pyridine rings is 2. The highest BCUT2D eigenvalue weighted by Crippen LogP contribution is 2.42. The van der Waals surface area contributed by atoms with Crippen molar-refractivity contribution in [3.8, 4) is 5.75 Å². The Balaban J connectivity index is 1.39. The molecular weight excluding hydrogens is 525 g/mol. The summed E-state index contributed by atoms with van der Waals surface area (Å²) in [7, 11) is 0. The van der Waals surface area contributed by atoms with Gasteiger partial charge in [-0.25, -0.2) is 9.37 Å². The van der Waals surface area contributed by atoms with Gasteiger partial charge in [-0.05, 0) is 72.9 Å². The van der Waals surface area contributed by atoms with Crippen LogP contribution in [0.1, 0.15) is 40.3 Å². The number of nitrogens with two attached hydrogens (primary N) is 1. The summed E-state index contributed by atoms with van der Waals surface area (Å²) in [5.74, 6) is 0.244.